The molecule has 0 N–H and O–H groups in total. The van der Waals surface area contributed by atoms with Crippen LogP contribution in [-0.2, 0) is 10.5 Å². The smallest absolute Gasteiger partial charge is 0.128 e. The highest BCUT2D eigenvalue weighted by atomic mass is 79.9. The Morgan fingerprint density at radius 1 is 1.56 bits per heavy atom. The summed E-state index contributed by atoms with van der Waals surface area (Å²) in [4.78, 5) is 0. The number of halogens is 2. The molecule has 0 amide bonds. The van der Waals surface area contributed by atoms with Gasteiger partial charge >= 0.3 is 0 Å². The monoisotopic (exact) mass is 304 g/mol. The van der Waals surface area contributed by atoms with Gasteiger partial charge in [0.1, 0.15) is 5.82 Å². The van der Waals surface area contributed by atoms with Crippen LogP contribution in [0.5, 0.6) is 0 Å². The standard InChI is InChI=1S/C12H14BrFOS/c1-8-12(4-5-15-8)16-7-9-2-3-10(13)6-11(9)14/h2-3,6,8,12H,4-5,7H2,1H3. The number of ether oxygens (including phenoxy) is 1. The van der Waals surface area contributed by atoms with Crippen LogP contribution in [0.25, 0.3) is 0 Å². The van der Waals surface area contributed by atoms with Gasteiger partial charge in [-0.15, -0.1) is 0 Å². The molecule has 0 spiro atoms. The predicted octanol–water partition coefficient (Wildman–Crippen LogP) is 4.00. The minimum absolute atomic E-state index is 0.131. The maximum Gasteiger partial charge on any atom is 0.128 e. The van der Waals surface area contributed by atoms with Crippen LogP contribution in [0.3, 0.4) is 0 Å². The first kappa shape index (κ1) is 12.4. The van der Waals surface area contributed by atoms with Gasteiger partial charge in [0.25, 0.3) is 0 Å². The Morgan fingerprint density at radius 2 is 2.38 bits per heavy atom. The van der Waals surface area contributed by atoms with Gasteiger partial charge in [-0.05, 0) is 31.0 Å². The number of thioether (sulfide) groups is 1. The van der Waals surface area contributed by atoms with Gasteiger partial charge in [0.2, 0.25) is 0 Å². The van der Waals surface area contributed by atoms with E-state index in [1.165, 1.54) is 6.07 Å². The molecule has 0 saturated carbocycles. The van der Waals surface area contributed by atoms with E-state index >= 15 is 0 Å². The summed E-state index contributed by atoms with van der Waals surface area (Å²) in [5, 5.41) is 0.503. The molecule has 1 aliphatic rings. The van der Waals surface area contributed by atoms with E-state index in [2.05, 4.69) is 22.9 Å². The average molecular weight is 305 g/mol. The van der Waals surface area contributed by atoms with Crippen LogP contribution >= 0.6 is 27.7 Å². The second kappa shape index (κ2) is 5.52. The molecule has 88 valence electrons. The summed E-state index contributed by atoms with van der Waals surface area (Å²) >= 11 is 5.04. The Hall–Kier alpha value is -0.0600. The minimum atomic E-state index is -0.131. The molecule has 2 atom stereocenters. The van der Waals surface area contributed by atoms with E-state index in [-0.39, 0.29) is 5.82 Å². The SMILES string of the molecule is CC1OCCC1SCc1ccc(Br)cc1F. The number of hydrogen-bond donors (Lipinski definition) is 0. The Bertz CT molecular complexity index is 372. The third-order valence-electron chi connectivity index (χ3n) is 2.77. The first-order chi connectivity index (χ1) is 7.66. The van der Waals surface area contributed by atoms with E-state index in [1.54, 1.807) is 11.8 Å². The second-order valence-corrected chi connectivity index (χ2v) is 6.09. The van der Waals surface area contributed by atoms with E-state index in [9.17, 15) is 4.39 Å². The second-order valence-electron chi connectivity index (χ2n) is 3.95. The molecule has 1 aliphatic heterocycles. The third kappa shape index (κ3) is 2.99. The molecule has 0 bridgehead atoms. The van der Waals surface area contributed by atoms with Crippen molar-refractivity contribution in [3.63, 3.8) is 0 Å². The Kier molecular flexibility index (Phi) is 4.27. The van der Waals surface area contributed by atoms with Gasteiger partial charge in [-0.2, -0.15) is 11.8 Å². The normalized spacial score (nSPS) is 24.9. The first-order valence-corrected chi connectivity index (χ1v) is 7.18. The number of rotatable bonds is 3. The van der Waals surface area contributed by atoms with E-state index in [0.29, 0.717) is 11.4 Å². The molecule has 0 aliphatic carbocycles. The average Bonchev–Trinajstić information content (AvgIpc) is 2.63. The summed E-state index contributed by atoms with van der Waals surface area (Å²) in [7, 11) is 0. The van der Waals surface area contributed by atoms with Crippen molar-refractivity contribution in [3.8, 4) is 0 Å². The van der Waals surface area contributed by atoms with Crippen molar-refractivity contribution in [1.29, 1.82) is 0 Å². The summed E-state index contributed by atoms with van der Waals surface area (Å²) in [6.07, 6.45) is 1.37. The van der Waals surface area contributed by atoms with Crippen molar-refractivity contribution in [2.45, 2.75) is 30.5 Å². The topological polar surface area (TPSA) is 9.23 Å². The fourth-order valence-electron chi connectivity index (χ4n) is 1.77. The van der Waals surface area contributed by atoms with Crippen molar-refractivity contribution in [1.82, 2.24) is 0 Å². The highest BCUT2D eigenvalue weighted by Crippen LogP contribution is 2.30. The molecule has 4 heteroatoms. The van der Waals surface area contributed by atoms with Crippen LogP contribution in [0.1, 0.15) is 18.9 Å². The molecular formula is C12H14BrFOS. The summed E-state index contributed by atoms with van der Waals surface area (Å²) in [5.74, 6) is 0.589. The van der Waals surface area contributed by atoms with Gasteiger partial charge in [0.15, 0.2) is 0 Å². The molecule has 2 unspecified atom stereocenters. The summed E-state index contributed by atoms with van der Waals surface area (Å²) < 4.78 is 19.8. The van der Waals surface area contributed by atoms with Crippen molar-refractivity contribution < 1.29 is 9.13 Å². The Balaban J connectivity index is 1.94. The zero-order valence-electron chi connectivity index (χ0n) is 9.08. The maximum atomic E-state index is 13.5. The molecule has 1 aromatic carbocycles. The van der Waals surface area contributed by atoms with E-state index in [0.717, 1.165) is 28.8 Å². The summed E-state index contributed by atoms with van der Waals surface area (Å²) in [5.41, 5.74) is 0.771. The van der Waals surface area contributed by atoms with E-state index in [1.807, 2.05) is 12.1 Å². The number of hydrogen-bond acceptors (Lipinski definition) is 2. The lowest BCUT2D eigenvalue weighted by atomic mass is 10.2. The lowest BCUT2D eigenvalue weighted by molar-refractivity contribution is 0.127. The Morgan fingerprint density at radius 3 is 3.00 bits per heavy atom. The van der Waals surface area contributed by atoms with Gasteiger partial charge in [-0.3, -0.25) is 0 Å². The molecule has 2 rings (SSSR count). The zero-order valence-corrected chi connectivity index (χ0v) is 11.5. The molecule has 0 aromatic heterocycles. The summed E-state index contributed by atoms with van der Waals surface area (Å²) in [6, 6.07) is 5.24. The van der Waals surface area contributed by atoms with Crippen LogP contribution in [-0.4, -0.2) is 18.0 Å². The van der Waals surface area contributed by atoms with Crippen LogP contribution in [0.2, 0.25) is 0 Å². The zero-order chi connectivity index (χ0) is 11.5. The quantitative estimate of drug-likeness (QED) is 0.835. The lowest BCUT2D eigenvalue weighted by Crippen LogP contribution is -2.13. The van der Waals surface area contributed by atoms with Gasteiger partial charge < -0.3 is 4.74 Å². The number of benzene rings is 1. The van der Waals surface area contributed by atoms with Gasteiger partial charge in [-0.1, -0.05) is 22.0 Å². The van der Waals surface area contributed by atoms with Gasteiger partial charge in [0, 0.05) is 22.1 Å². The van der Waals surface area contributed by atoms with Gasteiger partial charge in [-0.25, -0.2) is 4.39 Å². The molecule has 1 fully saturated rings. The first-order valence-electron chi connectivity index (χ1n) is 5.34. The van der Waals surface area contributed by atoms with Crippen molar-refractivity contribution in [3.05, 3.63) is 34.1 Å². The van der Waals surface area contributed by atoms with Gasteiger partial charge in [0.05, 0.1) is 6.10 Å². The fourth-order valence-corrected chi connectivity index (χ4v) is 3.34. The Labute approximate surface area is 108 Å². The molecule has 0 radical (unpaired) electrons. The van der Waals surface area contributed by atoms with E-state index in [4.69, 9.17) is 4.74 Å². The third-order valence-corrected chi connectivity index (χ3v) is 4.79. The van der Waals surface area contributed by atoms with Crippen LogP contribution in [0.4, 0.5) is 4.39 Å². The molecular weight excluding hydrogens is 291 g/mol. The summed E-state index contributed by atoms with van der Waals surface area (Å²) in [6.45, 7) is 2.92. The molecule has 1 nitrogen and oxygen atoms in total. The van der Waals surface area contributed by atoms with Crippen LogP contribution in [0, 0.1) is 5.82 Å². The van der Waals surface area contributed by atoms with Crippen molar-refractivity contribution in [2.24, 2.45) is 0 Å². The maximum absolute atomic E-state index is 13.5. The molecule has 1 saturated heterocycles. The molecule has 1 aromatic rings. The predicted molar refractivity (Wildman–Crippen MR) is 69.2 cm³/mol. The van der Waals surface area contributed by atoms with E-state index < -0.39 is 0 Å². The highest BCUT2D eigenvalue weighted by molar-refractivity contribution is 9.10. The van der Waals surface area contributed by atoms with Crippen LogP contribution in [0.15, 0.2) is 22.7 Å². The largest absolute Gasteiger partial charge is 0.377 e. The molecule has 16 heavy (non-hydrogen) atoms. The molecule has 1 heterocycles. The van der Waals surface area contributed by atoms with Crippen LogP contribution < -0.4 is 0 Å². The minimum Gasteiger partial charge on any atom is -0.377 e. The highest BCUT2D eigenvalue weighted by Gasteiger charge is 2.24. The fraction of sp³-hybridized carbons (Fsp3) is 0.500. The lowest BCUT2D eigenvalue weighted by Gasteiger charge is -2.13. The van der Waals surface area contributed by atoms with Crippen molar-refractivity contribution in [2.75, 3.05) is 6.61 Å². The van der Waals surface area contributed by atoms with Crippen molar-refractivity contribution >= 4 is 27.7 Å².